The van der Waals surface area contributed by atoms with Crippen LogP contribution in [0.15, 0.2) is 22.6 Å². The number of nitrogen functional groups attached to an aromatic ring is 1. The first-order valence-corrected chi connectivity index (χ1v) is 5.31. The lowest BCUT2D eigenvalue weighted by atomic mass is 10.5. The standard InChI is InChI=1S/C7H8N6S2/c8-13-6(11-12-7(13)14)10-9-4-5-2-1-3-15-5/h1-4H,8H2,(H,10,11)(H,12,14)/b9-4+. The van der Waals surface area contributed by atoms with E-state index in [1.165, 1.54) is 4.68 Å². The predicted molar refractivity (Wildman–Crippen MR) is 63.1 cm³/mol. The summed E-state index contributed by atoms with van der Waals surface area (Å²) in [7, 11) is 0. The van der Waals surface area contributed by atoms with E-state index < -0.39 is 0 Å². The second kappa shape index (κ2) is 4.24. The van der Waals surface area contributed by atoms with Gasteiger partial charge in [-0.05, 0) is 23.7 Å². The minimum atomic E-state index is 0.337. The summed E-state index contributed by atoms with van der Waals surface area (Å²) in [4.78, 5) is 1.04. The van der Waals surface area contributed by atoms with Crippen LogP contribution in [0, 0.1) is 4.77 Å². The van der Waals surface area contributed by atoms with Crippen LogP contribution in [0.2, 0.25) is 0 Å². The molecular formula is C7H8N6S2. The number of aromatic nitrogens is 3. The Hall–Kier alpha value is -1.67. The molecule has 6 nitrogen and oxygen atoms in total. The fraction of sp³-hybridized carbons (Fsp3) is 0. The van der Waals surface area contributed by atoms with Gasteiger partial charge in [-0.1, -0.05) is 6.07 Å². The molecule has 0 bridgehead atoms. The SMILES string of the molecule is Nn1c(N/N=C/c2cccs2)n[nH]c1=S. The lowest BCUT2D eigenvalue weighted by Crippen LogP contribution is -2.11. The summed E-state index contributed by atoms with van der Waals surface area (Å²) >= 11 is 6.43. The molecule has 0 aliphatic heterocycles. The van der Waals surface area contributed by atoms with Crippen molar-refractivity contribution in [2.24, 2.45) is 5.10 Å². The number of nitrogens with one attached hydrogen (secondary N) is 2. The monoisotopic (exact) mass is 240 g/mol. The van der Waals surface area contributed by atoms with E-state index in [0.29, 0.717) is 10.7 Å². The third kappa shape index (κ3) is 2.22. The van der Waals surface area contributed by atoms with Gasteiger partial charge in [0.05, 0.1) is 6.21 Å². The second-order valence-corrected chi connectivity index (χ2v) is 3.97. The molecule has 0 unspecified atom stereocenters. The third-order valence-electron chi connectivity index (χ3n) is 1.60. The quantitative estimate of drug-likeness (QED) is 0.325. The number of nitrogens with zero attached hydrogens (tertiary/aromatic N) is 3. The molecule has 0 radical (unpaired) electrons. The maximum Gasteiger partial charge on any atom is 0.262 e. The summed E-state index contributed by atoms with van der Waals surface area (Å²) < 4.78 is 1.55. The van der Waals surface area contributed by atoms with Crippen LogP contribution in [0.1, 0.15) is 4.88 Å². The van der Waals surface area contributed by atoms with E-state index >= 15 is 0 Å². The van der Waals surface area contributed by atoms with Crippen molar-refractivity contribution in [3.63, 3.8) is 0 Å². The van der Waals surface area contributed by atoms with Gasteiger partial charge in [-0.15, -0.1) is 16.4 Å². The Balaban J connectivity index is 2.05. The fourth-order valence-electron chi connectivity index (χ4n) is 0.902. The van der Waals surface area contributed by atoms with Gasteiger partial charge in [0.25, 0.3) is 5.95 Å². The van der Waals surface area contributed by atoms with E-state index in [1.54, 1.807) is 17.6 Å². The van der Waals surface area contributed by atoms with Gasteiger partial charge in [0.1, 0.15) is 0 Å². The van der Waals surface area contributed by atoms with E-state index in [1.807, 2.05) is 17.5 Å². The van der Waals surface area contributed by atoms with Gasteiger partial charge in [-0.2, -0.15) is 9.78 Å². The summed E-state index contributed by atoms with van der Waals surface area (Å²) in [5.41, 5.74) is 2.68. The molecule has 0 fully saturated rings. The minimum absolute atomic E-state index is 0.337. The Kier molecular flexibility index (Phi) is 2.79. The fourth-order valence-corrected chi connectivity index (χ4v) is 1.62. The number of H-pyrrole nitrogens is 1. The summed E-state index contributed by atoms with van der Waals surface area (Å²) in [6.45, 7) is 0. The highest BCUT2D eigenvalue weighted by Gasteiger charge is 1.98. The minimum Gasteiger partial charge on any atom is -0.334 e. The van der Waals surface area contributed by atoms with Crippen molar-refractivity contribution in [3.8, 4) is 0 Å². The molecule has 78 valence electrons. The maximum absolute atomic E-state index is 5.55. The van der Waals surface area contributed by atoms with Crippen molar-refractivity contribution in [3.05, 3.63) is 27.2 Å². The Bertz CT molecular complexity index is 508. The lowest BCUT2D eigenvalue weighted by molar-refractivity contribution is 0.971. The van der Waals surface area contributed by atoms with Gasteiger partial charge in [0, 0.05) is 4.88 Å². The topological polar surface area (TPSA) is 84.0 Å². The van der Waals surface area contributed by atoms with Crippen molar-refractivity contribution < 1.29 is 0 Å². The Morgan fingerprint density at radius 1 is 1.73 bits per heavy atom. The summed E-state index contributed by atoms with van der Waals surface area (Å²) in [5.74, 6) is 5.92. The molecule has 0 aromatic carbocycles. The molecule has 2 rings (SSSR count). The molecule has 4 N–H and O–H groups in total. The van der Waals surface area contributed by atoms with Crippen LogP contribution in [0.25, 0.3) is 0 Å². The molecule has 0 amide bonds. The highest BCUT2D eigenvalue weighted by atomic mass is 32.1. The first-order chi connectivity index (χ1) is 7.27. The molecular weight excluding hydrogens is 232 g/mol. The number of thiophene rings is 1. The van der Waals surface area contributed by atoms with E-state index in [-0.39, 0.29) is 0 Å². The van der Waals surface area contributed by atoms with Gasteiger partial charge >= 0.3 is 0 Å². The third-order valence-corrected chi connectivity index (χ3v) is 2.70. The molecule has 15 heavy (non-hydrogen) atoms. The van der Waals surface area contributed by atoms with Crippen LogP contribution in [0.5, 0.6) is 0 Å². The van der Waals surface area contributed by atoms with Gasteiger partial charge in [-0.3, -0.25) is 0 Å². The Labute approximate surface area is 94.4 Å². The van der Waals surface area contributed by atoms with E-state index in [4.69, 9.17) is 18.1 Å². The first-order valence-electron chi connectivity index (χ1n) is 4.02. The molecule has 8 heteroatoms. The zero-order valence-corrected chi connectivity index (χ0v) is 9.18. The molecule has 0 spiro atoms. The zero-order chi connectivity index (χ0) is 10.7. The smallest absolute Gasteiger partial charge is 0.262 e. The van der Waals surface area contributed by atoms with Crippen LogP contribution < -0.4 is 11.3 Å². The van der Waals surface area contributed by atoms with Crippen molar-refractivity contribution in [1.29, 1.82) is 0 Å². The lowest BCUT2D eigenvalue weighted by Gasteiger charge is -1.96. The first kappa shape index (κ1) is 9.87. The summed E-state index contributed by atoms with van der Waals surface area (Å²) in [5, 5.41) is 12.3. The van der Waals surface area contributed by atoms with Crippen LogP contribution in [-0.2, 0) is 0 Å². The molecule has 0 atom stereocenters. The number of aromatic amines is 1. The zero-order valence-electron chi connectivity index (χ0n) is 7.54. The molecule has 0 saturated heterocycles. The van der Waals surface area contributed by atoms with Crippen molar-refractivity contribution in [1.82, 2.24) is 14.9 Å². The second-order valence-electron chi connectivity index (χ2n) is 2.61. The number of nitrogens with two attached hydrogens (primary N) is 1. The predicted octanol–water partition coefficient (Wildman–Crippen LogP) is 1.16. The van der Waals surface area contributed by atoms with Gasteiger partial charge in [-0.25, -0.2) is 10.5 Å². The maximum atomic E-state index is 5.55. The molecule has 0 aliphatic carbocycles. The van der Waals surface area contributed by atoms with E-state index in [0.717, 1.165) is 4.88 Å². The molecule has 2 aromatic heterocycles. The van der Waals surface area contributed by atoms with Crippen molar-refractivity contribution in [2.75, 3.05) is 11.3 Å². The number of hydrazone groups is 1. The normalized spacial score (nSPS) is 10.9. The van der Waals surface area contributed by atoms with Crippen molar-refractivity contribution >= 4 is 35.7 Å². The largest absolute Gasteiger partial charge is 0.334 e. The molecule has 0 saturated carbocycles. The average molecular weight is 240 g/mol. The van der Waals surface area contributed by atoms with Gasteiger partial charge < -0.3 is 5.84 Å². The number of rotatable bonds is 3. The van der Waals surface area contributed by atoms with Gasteiger partial charge in [0.15, 0.2) is 0 Å². The number of anilines is 1. The van der Waals surface area contributed by atoms with Crippen LogP contribution >= 0.6 is 23.6 Å². The summed E-state index contributed by atoms with van der Waals surface area (Å²) in [6, 6.07) is 3.90. The van der Waals surface area contributed by atoms with E-state index in [2.05, 4.69) is 20.7 Å². The molecule has 2 heterocycles. The van der Waals surface area contributed by atoms with Crippen LogP contribution in [-0.4, -0.2) is 21.1 Å². The van der Waals surface area contributed by atoms with Crippen LogP contribution in [0.3, 0.4) is 0 Å². The van der Waals surface area contributed by atoms with Gasteiger partial charge in [0.2, 0.25) is 4.77 Å². The van der Waals surface area contributed by atoms with E-state index in [9.17, 15) is 0 Å². The Morgan fingerprint density at radius 2 is 2.60 bits per heavy atom. The molecule has 0 aliphatic rings. The Morgan fingerprint density at radius 3 is 3.20 bits per heavy atom. The van der Waals surface area contributed by atoms with Crippen molar-refractivity contribution in [2.45, 2.75) is 0 Å². The average Bonchev–Trinajstić information content (AvgIpc) is 2.83. The number of hydrogen-bond donors (Lipinski definition) is 3. The summed E-state index contributed by atoms with van der Waals surface area (Å²) in [6.07, 6.45) is 1.68. The number of hydrogen-bond acceptors (Lipinski definition) is 6. The highest BCUT2D eigenvalue weighted by molar-refractivity contribution is 7.71. The van der Waals surface area contributed by atoms with Crippen LogP contribution in [0.4, 0.5) is 5.95 Å². The highest BCUT2D eigenvalue weighted by Crippen LogP contribution is 2.05. The molecule has 2 aromatic rings.